The highest BCUT2D eigenvalue weighted by Gasteiger charge is 2.24. The first kappa shape index (κ1) is 23.4. The summed E-state index contributed by atoms with van der Waals surface area (Å²) in [5.74, 6) is 0.609. The Labute approximate surface area is 167 Å². The predicted molar refractivity (Wildman–Crippen MR) is 109 cm³/mol. The van der Waals surface area contributed by atoms with E-state index in [-0.39, 0.29) is 17.3 Å². The lowest BCUT2D eigenvalue weighted by Gasteiger charge is -2.22. The molecule has 2 aromatic carbocycles. The Morgan fingerprint density at radius 3 is 2.26 bits per heavy atom. The molecule has 0 aromatic heterocycles. The van der Waals surface area contributed by atoms with Crippen molar-refractivity contribution in [1.82, 2.24) is 4.31 Å². The minimum absolute atomic E-state index is 0. The van der Waals surface area contributed by atoms with E-state index in [0.29, 0.717) is 45.0 Å². The highest BCUT2D eigenvalue weighted by atomic mass is 35.5. The first-order valence-electron chi connectivity index (χ1n) is 8.54. The number of rotatable bonds is 11. The van der Waals surface area contributed by atoms with Gasteiger partial charge in [-0.1, -0.05) is 30.3 Å². The summed E-state index contributed by atoms with van der Waals surface area (Å²) in [7, 11) is -2.02. The maximum atomic E-state index is 13.0. The second-order valence-electron chi connectivity index (χ2n) is 5.78. The molecule has 0 saturated heterocycles. The van der Waals surface area contributed by atoms with Gasteiger partial charge in [0.05, 0.1) is 11.5 Å². The highest BCUT2D eigenvalue weighted by molar-refractivity contribution is 7.89. The number of benzene rings is 2. The van der Waals surface area contributed by atoms with Gasteiger partial charge in [0.2, 0.25) is 10.0 Å². The van der Waals surface area contributed by atoms with Crippen molar-refractivity contribution in [3.63, 3.8) is 0 Å². The maximum Gasteiger partial charge on any atom is 0.243 e. The molecule has 0 radical (unpaired) electrons. The van der Waals surface area contributed by atoms with Gasteiger partial charge >= 0.3 is 0 Å². The van der Waals surface area contributed by atoms with E-state index in [4.69, 9.17) is 15.2 Å². The van der Waals surface area contributed by atoms with Crippen molar-refractivity contribution in [2.45, 2.75) is 17.9 Å². The summed E-state index contributed by atoms with van der Waals surface area (Å²) < 4.78 is 38.0. The van der Waals surface area contributed by atoms with Gasteiger partial charge in [-0.05, 0) is 42.8 Å². The third-order valence-corrected chi connectivity index (χ3v) is 5.69. The van der Waals surface area contributed by atoms with E-state index in [2.05, 4.69) is 0 Å². The molecule has 0 amide bonds. The van der Waals surface area contributed by atoms with Crippen LogP contribution in [0.4, 0.5) is 0 Å². The van der Waals surface area contributed by atoms with Gasteiger partial charge in [-0.15, -0.1) is 12.4 Å². The van der Waals surface area contributed by atoms with Gasteiger partial charge in [-0.3, -0.25) is 0 Å². The summed E-state index contributed by atoms with van der Waals surface area (Å²) in [5, 5.41) is 0. The van der Waals surface area contributed by atoms with Crippen LogP contribution in [0, 0.1) is 0 Å². The molecule has 150 valence electrons. The van der Waals surface area contributed by atoms with Crippen LogP contribution < -0.4 is 10.5 Å². The molecular weight excluding hydrogens is 388 g/mol. The van der Waals surface area contributed by atoms with Gasteiger partial charge in [0.25, 0.3) is 0 Å². The molecular formula is C19H27ClN2O4S. The molecule has 2 aromatic rings. The summed E-state index contributed by atoms with van der Waals surface area (Å²) >= 11 is 0. The van der Waals surface area contributed by atoms with Crippen LogP contribution in [0.15, 0.2) is 59.5 Å². The van der Waals surface area contributed by atoms with Crippen LogP contribution in [-0.2, 0) is 21.3 Å². The molecule has 0 spiro atoms. The van der Waals surface area contributed by atoms with Crippen LogP contribution >= 0.6 is 12.4 Å². The van der Waals surface area contributed by atoms with E-state index in [9.17, 15) is 8.42 Å². The van der Waals surface area contributed by atoms with Crippen molar-refractivity contribution in [2.24, 2.45) is 5.73 Å². The molecule has 0 aliphatic carbocycles. The summed E-state index contributed by atoms with van der Waals surface area (Å²) in [6.07, 6.45) is 0.601. The SMILES string of the molecule is COCCOc1ccc(S(=O)(=O)N(CCCN)Cc2ccccc2)cc1.Cl. The lowest BCUT2D eigenvalue weighted by molar-refractivity contribution is 0.146. The Kier molecular flexibility index (Phi) is 10.4. The van der Waals surface area contributed by atoms with Crippen LogP contribution in [-0.4, -0.2) is 46.1 Å². The van der Waals surface area contributed by atoms with Gasteiger partial charge in [0.1, 0.15) is 12.4 Å². The van der Waals surface area contributed by atoms with E-state index >= 15 is 0 Å². The lowest BCUT2D eigenvalue weighted by atomic mass is 10.2. The maximum absolute atomic E-state index is 13.0. The molecule has 6 nitrogen and oxygen atoms in total. The first-order chi connectivity index (χ1) is 12.6. The third-order valence-electron chi connectivity index (χ3n) is 3.83. The van der Waals surface area contributed by atoms with Crippen molar-refractivity contribution >= 4 is 22.4 Å². The van der Waals surface area contributed by atoms with Gasteiger partial charge in [0, 0.05) is 20.2 Å². The van der Waals surface area contributed by atoms with E-state index < -0.39 is 10.0 Å². The van der Waals surface area contributed by atoms with E-state index in [1.54, 1.807) is 31.4 Å². The predicted octanol–water partition coefficient (Wildman–Crippen LogP) is 2.67. The molecule has 0 aliphatic rings. The van der Waals surface area contributed by atoms with Gasteiger partial charge in [-0.2, -0.15) is 4.31 Å². The van der Waals surface area contributed by atoms with Crippen LogP contribution in [0.2, 0.25) is 0 Å². The topological polar surface area (TPSA) is 81.9 Å². The minimum atomic E-state index is -3.62. The van der Waals surface area contributed by atoms with Crippen LogP contribution in [0.5, 0.6) is 5.75 Å². The van der Waals surface area contributed by atoms with Crippen LogP contribution in [0.3, 0.4) is 0 Å². The number of ether oxygens (including phenoxy) is 2. The number of hydrogen-bond donors (Lipinski definition) is 1. The number of hydrogen-bond acceptors (Lipinski definition) is 5. The number of nitrogens with two attached hydrogens (primary N) is 1. The first-order valence-corrected chi connectivity index (χ1v) is 9.98. The highest BCUT2D eigenvalue weighted by Crippen LogP contribution is 2.21. The normalized spacial score (nSPS) is 11.2. The molecule has 0 unspecified atom stereocenters. The summed E-state index contributed by atoms with van der Waals surface area (Å²) in [4.78, 5) is 0.240. The molecule has 8 heteroatoms. The average molecular weight is 415 g/mol. The molecule has 2 N–H and O–H groups in total. The summed E-state index contributed by atoms with van der Waals surface area (Å²) in [5.41, 5.74) is 6.52. The Morgan fingerprint density at radius 1 is 1.00 bits per heavy atom. The zero-order valence-electron chi connectivity index (χ0n) is 15.4. The van der Waals surface area contributed by atoms with E-state index in [0.717, 1.165) is 5.56 Å². The number of halogens is 1. The molecule has 0 fully saturated rings. The van der Waals surface area contributed by atoms with Crippen molar-refractivity contribution in [3.05, 3.63) is 60.2 Å². The number of sulfonamides is 1. The van der Waals surface area contributed by atoms with Crippen molar-refractivity contribution in [2.75, 3.05) is 33.4 Å². The van der Waals surface area contributed by atoms with Gasteiger partial charge < -0.3 is 15.2 Å². The van der Waals surface area contributed by atoms with Gasteiger partial charge in [-0.25, -0.2) is 8.42 Å². The standard InChI is InChI=1S/C19H26N2O4S.ClH/c1-24-14-15-25-18-8-10-19(11-9-18)26(22,23)21(13-5-12-20)16-17-6-3-2-4-7-17;/h2-4,6-11H,5,12-16,20H2,1H3;1H. The summed E-state index contributed by atoms with van der Waals surface area (Å²) in [6, 6.07) is 16.0. The Bertz CT molecular complexity index is 755. The molecule has 0 atom stereocenters. The second kappa shape index (κ2) is 11.9. The largest absolute Gasteiger partial charge is 0.491 e. The van der Waals surface area contributed by atoms with E-state index in [1.165, 1.54) is 4.31 Å². The lowest BCUT2D eigenvalue weighted by Crippen LogP contribution is -2.32. The summed E-state index contributed by atoms with van der Waals surface area (Å²) in [6.45, 7) is 2.02. The monoisotopic (exact) mass is 414 g/mol. The molecule has 0 aliphatic heterocycles. The fourth-order valence-electron chi connectivity index (χ4n) is 2.44. The molecule has 0 bridgehead atoms. The molecule has 2 rings (SSSR count). The van der Waals surface area contributed by atoms with Gasteiger partial charge in [0.15, 0.2) is 0 Å². The minimum Gasteiger partial charge on any atom is -0.491 e. The second-order valence-corrected chi connectivity index (χ2v) is 7.72. The van der Waals surface area contributed by atoms with Crippen LogP contribution in [0.25, 0.3) is 0 Å². The molecule has 0 saturated carbocycles. The van der Waals surface area contributed by atoms with Crippen molar-refractivity contribution in [3.8, 4) is 5.75 Å². The zero-order valence-corrected chi connectivity index (χ0v) is 17.0. The van der Waals surface area contributed by atoms with Crippen LogP contribution in [0.1, 0.15) is 12.0 Å². The molecule has 0 heterocycles. The third kappa shape index (κ3) is 7.12. The fraction of sp³-hybridized carbons (Fsp3) is 0.368. The zero-order chi connectivity index (χ0) is 18.8. The van der Waals surface area contributed by atoms with E-state index in [1.807, 2.05) is 30.3 Å². The Morgan fingerprint density at radius 2 is 1.67 bits per heavy atom. The fourth-order valence-corrected chi connectivity index (χ4v) is 3.91. The Hall–Kier alpha value is -1.64. The smallest absolute Gasteiger partial charge is 0.243 e. The van der Waals surface area contributed by atoms with Crippen molar-refractivity contribution < 1.29 is 17.9 Å². The number of methoxy groups -OCH3 is 1. The Balaban J connectivity index is 0.00000364. The quantitative estimate of drug-likeness (QED) is 0.571. The average Bonchev–Trinajstić information content (AvgIpc) is 2.66. The van der Waals surface area contributed by atoms with Crippen molar-refractivity contribution in [1.29, 1.82) is 0 Å². The molecule has 27 heavy (non-hydrogen) atoms. The number of nitrogens with zero attached hydrogens (tertiary/aromatic N) is 1.